The molecular formula is C21H23FN4. The van der Waals surface area contributed by atoms with Crippen LogP contribution >= 0.6 is 0 Å². The van der Waals surface area contributed by atoms with E-state index in [1.807, 2.05) is 24.3 Å². The van der Waals surface area contributed by atoms with Gasteiger partial charge < -0.3 is 9.88 Å². The van der Waals surface area contributed by atoms with E-state index in [9.17, 15) is 4.39 Å². The van der Waals surface area contributed by atoms with E-state index in [1.54, 1.807) is 0 Å². The Morgan fingerprint density at radius 3 is 2.73 bits per heavy atom. The number of hydrogen-bond acceptors (Lipinski definition) is 3. The van der Waals surface area contributed by atoms with Crippen LogP contribution in [0.3, 0.4) is 0 Å². The Bertz CT molecular complexity index is 885. The number of nitrogens with one attached hydrogen (secondary N) is 1. The molecule has 26 heavy (non-hydrogen) atoms. The molecule has 4 nitrogen and oxygen atoms in total. The zero-order chi connectivity index (χ0) is 17.9. The van der Waals surface area contributed by atoms with Crippen molar-refractivity contribution < 1.29 is 4.39 Å². The molecule has 0 fully saturated rings. The Labute approximate surface area is 153 Å². The van der Waals surface area contributed by atoms with Gasteiger partial charge in [-0.3, -0.25) is 0 Å². The third-order valence-electron chi connectivity index (χ3n) is 4.98. The number of aryl methyl sites for hydroxylation is 1. The van der Waals surface area contributed by atoms with Crippen molar-refractivity contribution >= 4 is 5.69 Å². The van der Waals surface area contributed by atoms with Gasteiger partial charge in [0, 0.05) is 30.3 Å². The molecule has 1 unspecified atom stereocenters. The number of anilines is 1. The van der Waals surface area contributed by atoms with Gasteiger partial charge in [0.1, 0.15) is 11.6 Å². The summed E-state index contributed by atoms with van der Waals surface area (Å²) < 4.78 is 15.4. The average molecular weight is 350 g/mol. The highest BCUT2D eigenvalue weighted by Crippen LogP contribution is 2.26. The van der Waals surface area contributed by atoms with Gasteiger partial charge in [-0.25, -0.2) is 4.39 Å². The number of nitrogens with zero attached hydrogens (tertiary/aromatic N) is 3. The summed E-state index contributed by atoms with van der Waals surface area (Å²) in [5.41, 5.74) is 3.14. The molecule has 3 aromatic rings. The second-order valence-electron chi connectivity index (χ2n) is 6.90. The van der Waals surface area contributed by atoms with Crippen molar-refractivity contribution in [2.75, 3.05) is 5.32 Å². The zero-order valence-electron chi connectivity index (χ0n) is 15.0. The first kappa shape index (κ1) is 16.8. The first-order chi connectivity index (χ1) is 12.7. The van der Waals surface area contributed by atoms with Gasteiger partial charge in [0.2, 0.25) is 0 Å². The minimum atomic E-state index is -0.213. The van der Waals surface area contributed by atoms with Crippen LogP contribution < -0.4 is 5.32 Å². The van der Waals surface area contributed by atoms with E-state index in [0.717, 1.165) is 41.4 Å². The Kier molecular flexibility index (Phi) is 4.69. The van der Waals surface area contributed by atoms with Gasteiger partial charge in [0.25, 0.3) is 0 Å². The van der Waals surface area contributed by atoms with Crippen LogP contribution in [-0.4, -0.2) is 14.8 Å². The predicted octanol–water partition coefficient (Wildman–Crippen LogP) is 4.98. The molecule has 4 rings (SSSR count). The normalized spacial score (nSPS) is 15.2. The van der Waals surface area contributed by atoms with E-state index < -0.39 is 0 Å². The van der Waals surface area contributed by atoms with Crippen LogP contribution in [0.25, 0.3) is 11.4 Å². The van der Waals surface area contributed by atoms with Crippen molar-refractivity contribution in [1.82, 2.24) is 14.8 Å². The van der Waals surface area contributed by atoms with E-state index in [0.29, 0.717) is 0 Å². The van der Waals surface area contributed by atoms with Crippen molar-refractivity contribution in [2.24, 2.45) is 0 Å². The van der Waals surface area contributed by atoms with Crippen LogP contribution in [0.15, 0.2) is 48.5 Å². The molecule has 5 heteroatoms. The van der Waals surface area contributed by atoms with Gasteiger partial charge in [0.15, 0.2) is 5.82 Å². The maximum Gasteiger partial charge on any atom is 0.164 e. The second kappa shape index (κ2) is 7.28. The van der Waals surface area contributed by atoms with Gasteiger partial charge in [-0.2, -0.15) is 0 Å². The first-order valence-corrected chi connectivity index (χ1v) is 9.25. The first-order valence-electron chi connectivity index (χ1n) is 9.25. The summed E-state index contributed by atoms with van der Waals surface area (Å²) in [5.74, 6) is 1.82. The van der Waals surface area contributed by atoms with Crippen LogP contribution in [0.5, 0.6) is 0 Å². The average Bonchev–Trinajstić information content (AvgIpc) is 2.91. The molecule has 0 aliphatic carbocycles. The second-order valence-corrected chi connectivity index (χ2v) is 6.90. The lowest BCUT2D eigenvalue weighted by molar-refractivity contribution is 0.626. The van der Waals surface area contributed by atoms with Gasteiger partial charge in [-0.1, -0.05) is 30.7 Å². The fraction of sp³-hybridized carbons (Fsp3) is 0.333. The molecule has 2 heterocycles. The fourth-order valence-corrected chi connectivity index (χ4v) is 3.53. The van der Waals surface area contributed by atoms with Crippen LogP contribution in [-0.2, 0) is 13.0 Å². The van der Waals surface area contributed by atoms with Crippen LogP contribution in [0, 0.1) is 5.82 Å². The summed E-state index contributed by atoms with van der Waals surface area (Å²) >= 11 is 0. The maximum atomic E-state index is 13.1. The minimum Gasteiger partial charge on any atom is -0.379 e. The summed E-state index contributed by atoms with van der Waals surface area (Å²) in [5, 5.41) is 12.3. The highest BCUT2D eigenvalue weighted by Gasteiger charge is 2.16. The number of rotatable bonds is 4. The Morgan fingerprint density at radius 1 is 1.04 bits per heavy atom. The SMILES string of the molecule is CC(Nc1cccc(-c2nnc3n2CCCCC3)c1)c1ccc(F)cc1. The molecule has 1 N–H and O–H groups in total. The van der Waals surface area contributed by atoms with Crippen molar-refractivity contribution in [3.63, 3.8) is 0 Å². The summed E-state index contributed by atoms with van der Waals surface area (Å²) in [7, 11) is 0. The molecule has 1 aliphatic heterocycles. The van der Waals surface area contributed by atoms with Gasteiger partial charge in [-0.05, 0) is 49.6 Å². The molecular weight excluding hydrogens is 327 g/mol. The Morgan fingerprint density at radius 2 is 1.88 bits per heavy atom. The Hall–Kier alpha value is -2.69. The largest absolute Gasteiger partial charge is 0.379 e. The quantitative estimate of drug-likeness (QED) is 0.721. The van der Waals surface area contributed by atoms with E-state index in [2.05, 4.69) is 39.1 Å². The van der Waals surface area contributed by atoms with Crippen LogP contribution in [0.1, 0.15) is 43.6 Å². The van der Waals surface area contributed by atoms with Crippen molar-refractivity contribution in [3.05, 3.63) is 65.7 Å². The highest BCUT2D eigenvalue weighted by atomic mass is 19.1. The van der Waals surface area contributed by atoms with E-state index in [4.69, 9.17) is 0 Å². The molecule has 0 spiro atoms. The number of halogens is 1. The number of fused-ring (bicyclic) bond motifs is 1. The topological polar surface area (TPSA) is 42.7 Å². The molecule has 0 saturated heterocycles. The molecule has 0 bridgehead atoms. The molecule has 1 aromatic heterocycles. The number of aromatic nitrogens is 3. The third kappa shape index (κ3) is 3.47. The zero-order valence-corrected chi connectivity index (χ0v) is 15.0. The maximum absolute atomic E-state index is 13.1. The van der Waals surface area contributed by atoms with Gasteiger partial charge in [0.05, 0.1) is 0 Å². The summed E-state index contributed by atoms with van der Waals surface area (Å²) in [6.45, 7) is 3.06. The molecule has 0 amide bonds. The van der Waals surface area contributed by atoms with Crippen molar-refractivity contribution in [3.8, 4) is 11.4 Å². The molecule has 134 valence electrons. The molecule has 2 aromatic carbocycles. The molecule has 0 saturated carbocycles. The lowest BCUT2D eigenvalue weighted by Gasteiger charge is -2.16. The summed E-state index contributed by atoms with van der Waals surface area (Å²) in [6.07, 6.45) is 4.62. The Balaban J connectivity index is 1.57. The molecule has 1 atom stereocenters. The lowest BCUT2D eigenvalue weighted by Crippen LogP contribution is -2.07. The number of benzene rings is 2. The van der Waals surface area contributed by atoms with Crippen molar-refractivity contribution in [2.45, 2.75) is 45.2 Å². The van der Waals surface area contributed by atoms with Crippen molar-refractivity contribution in [1.29, 1.82) is 0 Å². The van der Waals surface area contributed by atoms with E-state index in [1.165, 1.54) is 31.4 Å². The highest BCUT2D eigenvalue weighted by molar-refractivity contribution is 5.63. The van der Waals surface area contributed by atoms with Gasteiger partial charge >= 0.3 is 0 Å². The lowest BCUT2D eigenvalue weighted by atomic mass is 10.1. The molecule has 0 radical (unpaired) electrons. The van der Waals surface area contributed by atoms with Crippen LogP contribution in [0.4, 0.5) is 10.1 Å². The standard InChI is InChI=1S/C21H23FN4/c1-15(16-9-11-18(22)12-10-16)23-19-7-5-6-17(14-19)21-25-24-20-8-3-2-4-13-26(20)21/h5-7,9-12,14-15,23H,2-4,8,13H2,1H3. The third-order valence-corrected chi connectivity index (χ3v) is 4.98. The summed E-state index contributed by atoms with van der Waals surface area (Å²) in [6, 6.07) is 15.0. The van der Waals surface area contributed by atoms with E-state index >= 15 is 0 Å². The minimum absolute atomic E-state index is 0.0846. The van der Waals surface area contributed by atoms with Crippen LogP contribution in [0.2, 0.25) is 0 Å². The summed E-state index contributed by atoms with van der Waals surface area (Å²) in [4.78, 5) is 0. The van der Waals surface area contributed by atoms with E-state index in [-0.39, 0.29) is 11.9 Å². The van der Waals surface area contributed by atoms with Gasteiger partial charge in [-0.15, -0.1) is 10.2 Å². The monoisotopic (exact) mass is 350 g/mol. The smallest absolute Gasteiger partial charge is 0.164 e. The fourth-order valence-electron chi connectivity index (χ4n) is 3.53. The predicted molar refractivity (Wildman–Crippen MR) is 101 cm³/mol. The number of hydrogen-bond donors (Lipinski definition) is 1. The molecule has 1 aliphatic rings.